The average Bonchev–Trinajstić information content (AvgIpc) is 2.56. The third kappa shape index (κ3) is 3.33. The van der Waals surface area contributed by atoms with Gasteiger partial charge in [0.05, 0.1) is 5.69 Å². The predicted molar refractivity (Wildman–Crippen MR) is 97.3 cm³/mol. The average molecular weight is 356 g/mol. The molecule has 0 fully saturated rings. The first-order valence-electron chi connectivity index (χ1n) is 7.44. The van der Waals surface area contributed by atoms with Crippen molar-refractivity contribution >= 4 is 38.2 Å². The smallest absolute Gasteiger partial charge is 0.295 e. The highest BCUT2D eigenvalue weighted by Gasteiger charge is 2.18. The van der Waals surface area contributed by atoms with E-state index in [4.69, 9.17) is 5.73 Å². The SMILES string of the molecule is Cc1ccc(C(=O)Nc2cccc3cccc(S(=O)(=O)O)c23)cc1N. The number of anilines is 2. The summed E-state index contributed by atoms with van der Waals surface area (Å²) >= 11 is 0. The number of rotatable bonds is 3. The van der Waals surface area contributed by atoms with Crippen LogP contribution in [0.4, 0.5) is 11.4 Å². The summed E-state index contributed by atoms with van der Waals surface area (Å²) in [5, 5.41) is 3.52. The maximum absolute atomic E-state index is 12.5. The van der Waals surface area contributed by atoms with Crippen molar-refractivity contribution < 1.29 is 17.8 Å². The number of fused-ring (bicyclic) bond motifs is 1. The van der Waals surface area contributed by atoms with Gasteiger partial charge in [0.1, 0.15) is 4.90 Å². The molecule has 25 heavy (non-hydrogen) atoms. The van der Waals surface area contributed by atoms with E-state index in [0.29, 0.717) is 16.6 Å². The largest absolute Gasteiger partial charge is 0.398 e. The second kappa shape index (κ2) is 6.19. The van der Waals surface area contributed by atoms with E-state index >= 15 is 0 Å². The summed E-state index contributed by atoms with van der Waals surface area (Å²) in [6.45, 7) is 1.83. The molecule has 0 saturated carbocycles. The van der Waals surface area contributed by atoms with Crippen LogP contribution in [0.15, 0.2) is 59.5 Å². The van der Waals surface area contributed by atoms with Crippen molar-refractivity contribution in [2.24, 2.45) is 0 Å². The van der Waals surface area contributed by atoms with E-state index in [1.165, 1.54) is 12.1 Å². The standard InChI is InChI=1S/C18H16N2O4S/c1-11-8-9-13(10-14(11)19)18(21)20-15-6-2-4-12-5-3-7-16(17(12)15)25(22,23)24/h2-10H,19H2,1H3,(H,20,21)(H,22,23,24). The molecule has 0 spiro atoms. The van der Waals surface area contributed by atoms with Crippen molar-refractivity contribution in [2.45, 2.75) is 11.8 Å². The van der Waals surface area contributed by atoms with Gasteiger partial charge < -0.3 is 11.1 Å². The number of carbonyl (C=O) groups is 1. The Balaban J connectivity index is 2.10. The van der Waals surface area contributed by atoms with Gasteiger partial charge in [0, 0.05) is 16.6 Å². The predicted octanol–water partition coefficient (Wildman–Crippen LogP) is 3.23. The second-order valence-corrected chi connectivity index (χ2v) is 7.05. The molecule has 0 aliphatic heterocycles. The van der Waals surface area contributed by atoms with Gasteiger partial charge in [0.25, 0.3) is 16.0 Å². The Hall–Kier alpha value is -2.90. The minimum Gasteiger partial charge on any atom is -0.398 e. The Bertz CT molecular complexity index is 1090. The van der Waals surface area contributed by atoms with Crippen LogP contribution in [0.1, 0.15) is 15.9 Å². The molecule has 0 aliphatic carbocycles. The third-order valence-corrected chi connectivity index (χ3v) is 4.83. The molecule has 0 bridgehead atoms. The number of hydrogen-bond donors (Lipinski definition) is 3. The van der Waals surface area contributed by atoms with Crippen LogP contribution in [-0.4, -0.2) is 18.9 Å². The van der Waals surface area contributed by atoms with E-state index < -0.39 is 16.0 Å². The Morgan fingerprint density at radius 1 is 1.08 bits per heavy atom. The van der Waals surface area contributed by atoms with E-state index in [9.17, 15) is 17.8 Å². The summed E-state index contributed by atoms with van der Waals surface area (Å²) < 4.78 is 32.8. The first-order valence-corrected chi connectivity index (χ1v) is 8.88. The highest BCUT2D eigenvalue weighted by molar-refractivity contribution is 7.86. The molecule has 3 aromatic carbocycles. The van der Waals surface area contributed by atoms with E-state index in [1.54, 1.807) is 42.5 Å². The summed E-state index contributed by atoms with van der Waals surface area (Å²) in [6, 6.07) is 14.4. The number of carbonyl (C=O) groups excluding carboxylic acids is 1. The van der Waals surface area contributed by atoms with Crippen molar-refractivity contribution in [1.29, 1.82) is 0 Å². The van der Waals surface area contributed by atoms with Crippen molar-refractivity contribution in [3.8, 4) is 0 Å². The number of nitrogens with two attached hydrogens (primary N) is 1. The Labute approximate surface area is 145 Å². The topological polar surface area (TPSA) is 109 Å². The second-order valence-electron chi connectivity index (χ2n) is 5.66. The van der Waals surface area contributed by atoms with Gasteiger partial charge in [-0.05, 0) is 42.1 Å². The zero-order chi connectivity index (χ0) is 18.2. The lowest BCUT2D eigenvalue weighted by Crippen LogP contribution is -2.13. The summed E-state index contributed by atoms with van der Waals surface area (Å²) in [5.41, 5.74) is 7.82. The van der Waals surface area contributed by atoms with Crippen LogP contribution in [0, 0.1) is 6.92 Å². The van der Waals surface area contributed by atoms with Crippen LogP contribution >= 0.6 is 0 Å². The Morgan fingerprint density at radius 2 is 1.76 bits per heavy atom. The van der Waals surface area contributed by atoms with E-state index in [-0.39, 0.29) is 16.0 Å². The summed E-state index contributed by atoms with van der Waals surface area (Å²) in [7, 11) is -4.44. The molecule has 0 heterocycles. The Kier molecular flexibility index (Phi) is 4.20. The molecule has 7 heteroatoms. The molecule has 3 aromatic rings. The van der Waals surface area contributed by atoms with Crippen molar-refractivity contribution in [3.63, 3.8) is 0 Å². The molecule has 0 atom stereocenters. The zero-order valence-corrected chi connectivity index (χ0v) is 14.2. The molecule has 6 nitrogen and oxygen atoms in total. The van der Waals surface area contributed by atoms with Gasteiger partial charge in [0.2, 0.25) is 0 Å². The van der Waals surface area contributed by atoms with Gasteiger partial charge in [-0.2, -0.15) is 8.42 Å². The van der Waals surface area contributed by atoms with Crippen molar-refractivity contribution in [3.05, 3.63) is 65.7 Å². The van der Waals surface area contributed by atoms with E-state index in [2.05, 4.69) is 5.32 Å². The number of benzene rings is 3. The monoisotopic (exact) mass is 356 g/mol. The lowest BCUT2D eigenvalue weighted by molar-refractivity contribution is 0.102. The Morgan fingerprint density at radius 3 is 2.40 bits per heavy atom. The summed E-state index contributed by atoms with van der Waals surface area (Å²) in [6.07, 6.45) is 0. The first-order chi connectivity index (χ1) is 11.8. The van der Waals surface area contributed by atoms with Crippen LogP contribution in [0.2, 0.25) is 0 Å². The molecule has 0 aliphatic rings. The number of amides is 1. The number of aryl methyl sites for hydroxylation is 1. The third-order valence-electron chi connectivity index (χ3n) is 3.93. The van der Waals surface area contributed by atoms with Gasteiger partial charge >= 0.3 is 0 Å². The van der Waals surface area contributed by atoms with Crippen LogP contribution in [0.5, 0.6) is 0 Å². The first kappa shape index (κ1) is 16.9. The van der Waals surface area contributed by atoms with Crippen LogP contribution in [0.25, 0.3) is 10.8 Å². The fourth-order valence-electron chi connectivity index (χ4n) is 2.60. The van der Waals surface area contributed by atoms with Crippen LogP contribution in [0.3, 0.4) is 0 Å². The normalized spacial score (nSPS) is 11.4. The minimum absolute atomic E-state index is 0.251. The highest BCUT2D eigenvalue weighted by Crippen LogP contribution is 2.30. The maximum atomic E-state index is 12.5. The van der Waals surface area contributed by atoms with Crippen molar-refractivity contribution in [1.82, 2.24) is 0 Å². The fourth-order valence-corrected chi connectivity index (χ4v) is 3.34. The van der Waals surface area contributed by atoms with Gasteiger partial charge in [-0.25, -0.2) is 0 Å². The van der Waals surface area contributed by atoms with E-state index in [1.807, 2.05) is 6.92 Å². The molecule has 0 aromatic heterocycles. The molecule has 0 saturated heterocycles. The number of nitrogen functional groups attached to an aromatic ring is 1. The molecule has 0 radical (unpaired) electrons. The maximum Gasteiger partial charge on any atom is 0.295 e. The van der Waals surface area contributed by atoms with Gasteiger partial charge in [-0.15, -0.1) is 0 Å². The van der Waals surface area contributed by atoms with Crippen LogP contribution in [-0.2, 0) is 10.1 Å². The minimum atomic E-state index is -4.44. The quantitative estimate of drug-likeness (QED) is 0.493. The van der Waals surface area contributed by atoms with Gasteiger partial charge in [0.15, 0.2) is 0 Å². The van der Waals surface area contributed by atoms with E-state index in [0.717, 1.165) is 5.56 Å². The summed E-state index contributed by atoms with van der Waals surface area (Å²) in [5.74, 6) is -0.427. The molecule has 4 N–H and O–H groups in total. The zero-order valence-electron chi connectivity index (χ0n) is 13.4. The fraction of sp³-hybridized carbons (Fsp3) is 0.0556. The highest BCUT2D eigenvalue weighted by atomic mass is 32.2. The van der Waals surface area contributed by atoms with Gasteiger partial charge in [-0.3, -0.25) is 9.35 Å². The molecule has 3 rings (SSSR count). The summed E-state index contributed by atoms with van der Waals surface area (Å²) in [4.78, 5) is 12.2. The molecular weight excluding hydrogens is 340 g/mol. The molecule has 128 valence electrons. The van der Waals surface area contributed by atoms with Crippen LogP contribution < -0.4 is 11.1 Å². The molecule has 0 unspecified atom stereocenters. The van der Waals surface area contributed by atoms with Gasteiger partial charge in [-0.1, -0.05) is 30.3 Å². The number of nitrogens with one attached hydrogen (secondary N) is 1. The van der Waals surface area contributed by atoms with Crippen molar-refractivity contribution in [2.75, 3.05) is 11.1 Å². The molecule has 1 amide bonds. The lowest BCUT2D eigenvalue weighted by atomic mass is 10.1. The molecular formula is C18H16N2O4S. The number of hydrogen-bond acceptors (Lipinski definition) is 4. The lowest BCUT2D eigenvalue weighted by Gasteiger charge is -2.12.